The maximum absolute atomic E-state index is 10.6. The number of anilines is 2. The molecule has 10 N–H and O–H groups in total. The van der Waals surface area contributed by atoms with Crippen molar-refractivity contribution in [3.8, 4) is 0 Å². The molecule has 0 spiro atoms. The average molecular weight is 671 g/mol. The van der Waals surface area contributed by atoms with Crippen LogP contribution in [0.5, 0.6) is 0 Å². The first-order valence-electron chi connectivity index (χ1n) is 12.7. The van der Waals surface area contributed by atoms with E-state index in [1.54, 1.807) is 24.3 Å². The number of aromatic nitrogens is 4. The van der Waals surface area contributed by atoms with Crippen LogP contribution in [-0.2, 0) is 9.59 Å². The third-order valence-electron chi connectivity index (χ3n) is 4.89. The molecular formula is C28H26N6O14. The third kappa shape index (κ3) is 14.9. The zero-order chi connectivity index (χ0) is 36.6. The molecule has 252 valence electrons. The van der Waals surface area contributed by atoms with Crippen LogP contribution < -0.4 is 33.1 Å². The highest BCUT2D eigenvalue weighted by Crippen LogP contribution is 2.10. The molecule has 0 unspecified atom stereocenters. The van der Waals surface area contributed by atoms with Crippen LogP contribution in [0, 0.1) is 0 Å². The fraction of sp³-hybridized carbons (Fsp3) is 0.0714. The fourth-order valence-electron chi connectivity index (χ4n) is 2.97. The molecule has 0 bridgehead atoms. The molecule has 0 saturated carbocycles. The van der Waals surface area contributed by atoms with Gasteiger partial charge in [0.25, 0.3) is 11.1 Å². The summed E-state index contributed by atoms with van der Waals surface area (Å²) >= 11 is 0. The summed E-state index contributed by atoms with van der Waals surface area (Å²) < 4.78 is 0. The largest absolute Gasteiger partial charge is 0.478 e. The molecule has 2 aromatic carbocycles. The molecule has 0 saturated heterocycles. The number of nitrogens with one attached hydrogen (secondary N) is 6. The van der Waals surface area contributed by atoms with Crippen molar-refractivity contribution in [3.05, 3.63) is 125 Å². The number of H-pyrrole nitrogens is 4. The van der Waals surface area contributed by atoms with E-state index in [1.165, 1.54) is 38.1 Å². The van der Waals surface area contributed by atoms with Crippen molar-refractivity contribution < 1.29 is 49.2 Å². The second-order valence-electron chi connectivity index (χ2n) is 8.74. The van der Waals surface area contributed by atoms with Crippen LogP contribution in [0.25, 0.3) is 0 Å². The van der Waals surface area contributed by atoms with Gasteiger partial charge < -0.3 is 41.0 Å². The molecular weight excluding hydrogens is 644 g/mol. The van der Waals surface area contributed by atoms with Crippen molar-refractivity contribution in [1.29, 1.82) is 0 Å². The van der Waals surface area contributed by atoms with Crippen LogP contribution in [0.15, 0.2) is 79.8 Å². The van der Waals surface area contributed by atoms with Gasteiger partial charge in [-0.3, -0.25) is 29.1 Å². The standard InChI is InChI=1S/2C9H9NO3.2C5H4N2O4/c2*1-6(11)10-8-4-2-7(3-5-8)9(12)13;2*8-3-1-2(4(9)10)6-5(11)7-3/h2*2-5H,1H3,(H,10,11)(H,12,13);2*1H,(H,9,10)(H2,6,7,8,11). The molecule has 0 aliphatic carbocycles. The molecule has 20 heteroatoms. The predicted octanol–water partition coefficient (Wildman–Crippen LogP) is 0.209. The van der Waals surface area contributed by atoms with Crippen molar-refractivity contribution in [2.24, 2.45) is 0 Å². The monoisotopic (exact) mass is 670 g/mol. The van der Waals surface area contributed by atoms with Crippen LogP contribution in [-0.4, -0.2) is 76.1 Å². The van der Waals surface area contributed by atoms with Gasteiger partial charge in [-0.25, -0.2) is 28.8 Å². The molecule has 0 aliphatic rings. The molecule has 0 fully saturated rings. The van der Waals surface area contributed by atoms with Crippen molar-refractivity contribution in [2.45, 2.75) is 13.8 Å². The lowest BCUT2D eigenvalue weighted by molar-refractivity contribution is -0.115. The van der Waals surface area contributed by atoms with Crippen LogP contribution in [0.2, 0.25) is 0 Å². The summed E-state index contributed by atoms with van der Waals surface area (Å²) in [6, 6.07) is 13.5. The summed E-state index contributed by atoms with van der Waals surface area (Å²) in [5.74, 6) is -4.99. The van der Waals surface area contributed by atoms with Crippen molar-refractivity contribution in [1.82, 2.24) is 19.9 Å². The highest BCUT2D eigenvalue weighted by atomic mass is 16.4. The Morgan fingerprint density at radius 1 is 0.479 bits per heavy atom. The van der Waals surface area contributed by atoms with Gasteiger partial charge in [-0.1, -0.05) is 0 Å². The zero-order valence-corrected chi connectivity index (χ0v) is 24.6. The van der Waals surface area contributed by atoms with Gasteiger partial charge in [0.15, 0.2) is 0 Å². The Balaban J connectivity index is 0.000000321. The number of aromatic carboxylic acids is 4. The number of hydrogen-bond acceptors (Lipinski definition) is 10. The number of rotatable bonds is 6. The predicted molar refractivity (Wildman–Crippen MR) is 165 cm³/mol. The van der Waals surface area contributed by atoms with E-state index in [-0.39, 0.29) is 22.9 Å². The molecule has 0 radical (unpaired) electrons. The minimum absolute atomic E-state index is 0.178. The van der Waals surface area contributed by atoms with Gasteiger partial charge in [0.1, 0.15) is 11.4 Å². The molecule has 4 aromatic rings. The minimum Gasteiger partial charge on any atom is -0.478 e. The highest BCUT2D eigenvalue weighted by molar-refractivity contribution is 5.92. The van der Waals surface area contributed by atoms with Gasteiger partial charge in [0, 0.05) is 37.4 Å². The lowest BCUT2D eigenvalue weighted by Crippen LogP contribution is -2.24. The molecule has 20 nitrogen and oxygen atoms in total. The number of carboxylic acid groups (broad SMARTS) is 4. The van der Waals surface area contributed by atoms with E-state index < -0.39 is 57.8 Å². The van der Waals surface area contributed by atoms with Gasteiger partial charge in [0.05, 0.1) is 11.1 Å². The number of carbonyl (C=O) groups is 6. The van der Waals surface area contributed by atoms with Gasteiger partial charge in [-0.2, -0.15) is 0 Å². The fourth-order valence-corrected chi connectivity index (χ4v) is 2.97. The second kappa shape index (κ2) is 18.4. The first kappa shape index (κ1) is 38.6. The van der Waals surface area contributed by atoms with E-state index in [2.05, 4.69) is 10.6 Å². The summed E-state index contributed by atoms with van der Waals surface area (Å²) in [6.45, 7) is 2.79. The number of aromatic amines is 4. The summed E-state index contributed by atoms with van der Waals surface area (Å²) in [7, 11) is 0. The van der Waals surface area contributed by atoms with Crippen LogP contribution in [0.4, 0.5) is 11.4 Å². The third-order valence-corrected chi connectivity index (χ3v) is 4.89. The Kier molecular flexibility index (Phi) is 14.8. The van der Waals surface area contributed by atoms with E-state index in [4.69, 9.17) is 20.4 Å². The maximum Gasteiger partial charge on any atom is 0.352 e. The average Bonchev–Trinajstić information content (AvgIpc) is 2.97. The smallest absolute Gasteiger partial charge is 0.352 e. The van der Waals surface area contributed by atoms with Gasteiger partial charge in [-0.05, 0) is 48.5 Å². The Hall–Kier alpha value is -7.38. The molecule has 0 aliphatic heterocycles. The molecule has 4 rings (SSSR count). The van der Waals surface area contributed by atoms with E-state index in [0.717, 1.165) is 12.1 Å². The molecule has 2 heterocycles. The molecule has 2 amide bonds. The first-order chi connectivity index (χ1) is 22.4. The van der Waals surface area contributed by atoms with E-state index >= 15 is 0 Å². The quantitative estimate of drug-likeness (QED) is 0.131. The number of carboxylic acids is 4. The second-order valence-corrected chi connectivity index (χ2v) is 8.74. The number of hydrogen-bond donors (Lipinski definition) is 10. The Labute approximate surface area is 265 Å². The van der Waals surface area contributed by atoms with E-state index in [0.29, 0.717) is 11.4 Å². The molecule has 48 heavy (non-hydrogen) atoms. The SMILES string of the molecule is CC(=O)Nc1ccc(C(=O)O)cc1.CC(=O)Nc1ccc(C(=O)O)cc1.O=C(O)c1cc(=O)[nH]c(=O)[nH]1.O=C(O)c1cc(=O)[nH]c(=O)[nH]1. The Morgan fingerprint density at radius 2 is 0.771 bits per heavy atom. The minimum atomic E-state index is -1.34. The van der Waals surface area contributed by atoms with Crippen LogP contribution in [0.1, 0.15) is 55.5 Å². The van der Waals surface area contributed by atoms with Crippen molar-refractivity contribution in [2.75, 3.05) is 10.6 Å². The molecule has 0 atom stereocenters. The van der Waals surface area contributed by atoms with Crippen molar-refractivity contribution >= 4 is 47.1 Å². The van der Waals surface area contributed by atoms with E-state index in [1.807, 2.05) is 19.9 Å². The summed E-state index contributed by atoms with van der Waals surface area (Å²) in [5.41, 5.74) is -2.35. The summed E-state index contributed by atoms with van der Waals surface area (Å²) in [4.78, 5) is 112. The van der Waals surface area contributed by atoms with Gasteiger partial charge >= 0.3 is 35.3 Å². The normalized spacial score (nSPS) is 9.38. The number of benzene rings is 2. The first-order valence-corrected chi connectivity index (χ1v) is 12.7. The Bertz CT molecular complexity index is 1820. The van der Waals surface area contributed by atoms with Crippen molar-refractivity contribution in [3.63, 3.8) is 0 Å². The number of amides is 2. The van der Waals surface area contributed by atoms with Gasteiger partial charge in [0.2, 0.25) is 11.8 Å². The lowest BCUT2D eigenvalue weighted by Gasteiger charge is -2.01. The maximum atomic E-state index is 10.6. The van der Waals surface area contributed by atoms with E-state index in [9.17, 15) is 47.9 Å². The number of carbonyl (C=O) groups excluding carboxylic acids is 2. The summed E-state index contributed by atoms with van der Waals surface area (Å²) in [6.07, 6.45) is 0. The topological polar surface area (TPSA) is 339 Å². The van der Waals surface area contributed by atoms with Crippen LogP contribution in [0.3, 0.4) is 0 Å². The van der Waals surface area contributed by atoms with Crippen LogP contribution >= 0.6 is 0 Å². The van der Waals surface area contributed by atoms with Gasteiger partial charge in [-0.15, -0.1) is 0 Å². The zero-order valence-electron chi connectivity index (χ0n) is 24.6. The highest BCUT2D eigenvalue weighted by Gasteiger charge is 2.05. The molecule has 2 aromatic heterocycles. The Morgan fingerprint density at radius 3 is 0.979 bits per heavy atom. The summed E-state index contributed by atoms with van der Waals surface area (Å²) in [5, 5.41) is 38.8. The lowest BCUT2D eigenvalue weighted by atomic mass is 10.2.